The zero-order valence-electron chi connectivity index (χ0n) is 9.59. The lowest BCUT2D eigenvalue weighted by molar-refractivity contribution is -0.138. The molecular formula is C11H11BrN2O4. The summed E-state index contributed by atoms with van der Waals surface area (Å²) in [7, 11) is 1.50. The lowest BCUT2D eigenvalue weighted by Gasteiger charge is -2.20. The second kappa shape index (κ2) is 4.93. The predicted molar refractivity (Wildman–Crippen MR) is 66.6 cm³/mol. The van der Waals surface area contributed by atoms with E-state index in [1.54, 1.807) is 12.1 Å². The molecule has 1 N–H and O–H groups in total. The second-order valence-electron chi connectivity index (χ2n) is 3.82. The van der Waals surface area contributed by atoms with Crippen LogP contribution >= 0.6 is 15.9 Å². The molecule has 0 aromatic carbocycles. The van der Waals surface area contributed by atoms with E-state index in [1.165, 1.54) is 12.0 Å². The predicted octanol–water partition coefficient (Wildman–Crippen LogP) is 1.43. The number of ether oxygens (including phenoxy) is 1. The van der Waals surface area contributed by atoms with Gasteiger partial charge in [0.05, 0.1) is 7.11 Å². The highest BCUT2D eigenvalue weighted by atomic mass is 79.9. The van der Waals surface area contributed by atoms with Gasteiger partial charge < -0.3 is 9.84 Å². The first-order valence-electron chi connectivity index (χ1n) is 5.30. The minimum absolute atomic E-state index is 0.224. The Bertz CT molecular complexity index is 506. The van der Waals surface area contributed by atoms with Crippen LogP contribution in [-0.2, 0) is 9.59 Å². The van der Waals surface area contributed by atoms with Crippen LogP contribution in [0.5, 0.6) is 5.75 Å². The van der Waals surface area contributed by atoms with E-state index in [0.29, 0.717) is 22.6 Å². The number of carbonyl (C=O) groups excluding carboxylic acids is 1. The van der Waals surface area contributed by atoms with Crippen molar-refractivity contribution < 1.29 is 19.4 Å². The molecule has 0 spiro atoms. The number of amides is 1. The van der Waals surface area contributed by atoms with Crippen molar-refractivity contribution in [2.24, 2.45) is 0 Å². The van der Waals surface area contributed by atoms with Crippen LogP contribution in [0.4, 0.5) is 5.82 Å². The Labute approximate surface area is 112 Å². The fourth-order valence-corrected chi connectivity index (χ4v) is 2.38. The maximum atomic E-state index is 11.7. The summed E-state index contributed by atoms with van der Waals surface area (Å²) < 4.78 is 5.47. The molecule has 1 aliphatic heterocycles. The molecular weight excluding hydrogens is 304 g/mol. The Morgan fingerprint density at radius 3 is 2.89 bits per heavy atom. The Morgan fingerprint density at radius 1 is 1.61 bits per heavy atom. The Balaban J connectivity index is 2.37. The molecule has 0 aliphatic carbocycles. The highest BCUT2D eigenvalue weighted by molar-refractivity contribution is 9.10. The number of anilines is 1. The summed E-state index contributed by atoms with van der Waals surface area (Å²) in [5.41, 5.74) is 0. The third kappa shape index (κ3) is 2.17. The van der Waals surface area contributed by atoms with Crippen LogP contribution in [0.2, 0.25) is 0 Å². The van der Waals surface area contributed by atoms with Gasteiger partial charge in [0.2, 0.25) is 5.91 Å². The molecule has 1 aromatic heterocycles. The molecule has 7 heteroatoms. The number of rotatable bonds is 3. The summed E-state index contributed by atoms with van der Waals surface area (Å²) in [4.78, 5) is 28.2. The fourth-order valence-electron chi connectivity index (χ4n) is 1.90. The van der Waals surface area contributed by atoms with E-state index in [2.05, 4.69) is 20.9 Å². The van der Waals surface area contributed by atoms with Crippen LogP contribution in [0.25, 0.3) is 0 Å². The van der Waals surface area contributed by atoms with Gasteiger partial charge in [-0.15, -0.1) is 0 Å². The number of pyridine rings is 1. The number of aliphatic carboxylic acids is 1. The van der Waals surface area contributed by atoms with Gasteiger partial charge in [-0.1, -0.05) is 0 Å². The second-order valence-corrected chi connectivity index (χ2v) is 4.57. The number of aromatic nitrogens is 1. The summed E-state index contributed by atoms with van der Waals surface area (Å²) in [6.45, 7) is 0. The number of hydrogen-bond donors (Lipinski definition) is 1. The molecule has 2 rings (SSSR count). The van der Waals surface area contributed by atoms with Gasteiger partial charge in [-0.2, -0.15) is 0 Å². The quantitative estimate of drug-likeness (QED) is 0.854. The number of carboxylic acid groups (broad SMARTS) is 1. The van der Waals surface area contributed by atoms with Crippen molar-refractivity contribution in [3.8, 4) is 5.75 Å². The lowest BCUT2D eigenvalue weighted by Crippen LogP contribution is -2.39. The van der Waals surface area contributed by atoms with Crippen molar-refractivity contribution in [1.29, 1.82) is 0 Å². The highest BCUT2D eigenvalue weighted by Gasteiger charge is 2.38. The third-order valence-electron chi connectivity index (χ3n) is 2.76. The van der Waals surface area contributed by atoms with Crippen molar-refractivity contribution in [3.63, 3.8) is 0 Å². The van der Waals surface area contributed by atoms with Crippen LogP contribution < -0.4 is 9.64 Å². The smallest absolute Gasteiger partial charge is 0.326 e. The topological polar surface area (TPSA) is 79.7 Å². The van der Waals surface area contributed by atoms with E-state index in [9.17, 15) is 9.59 Å². The van der Waals surface area contributed by atoms with Gasteiger partial charge in [-0.25, -0.2) is 9.78 Å². The van der Waals surface area contributed by atoms with E-state index in [4.69, 9.17) is 9.84 Å². The van der Waals surface area contributed by atoms with Crippen LogP contribution in [0, 0.1) is 0 Å². The van der Waals surface area contributed by atoms with Crippen LogP contribution in [0.3, 0.4) is 0 Å². The first-order chi connectivity index (χ1) is 8.54. The monoisotopic (exact) mass is 314 g/mol. The van der Waals surface area contributed by atoms with Gasteiger partial charge in [-0.05, 0) is 34.5 Å². The number of carbonyl (C=O) groups is 2. The minimum atomic E-state index is -1.02. The maximum absolute atomic E-state index is 11.7. The zero-order chi connectivity index (χ0) is 13.3. The van der Waals surface area contributed by atoms with Crippen molar-refractivity contribution in [1.82, 2.24) is 4.98 Å². The minimum Gasteiger partial charge on any atom is -0.494 e. The van der Waals surface area contributed by atoms with Crippen LogP contribution in [0.1, 0.15) is 12.8 Å². The van der Waals surface area contributed by atoms with Gasteiger partial charge in [0.1, 0.15) is 16.5 Å². The van der Waals surface area contributed by atoms with Gasteiger partial charge in [0, 0.05) is 6.42 Å². The van der Waals surface area contributed by atoms with Crippen molar-refractivity contribution in [2.45, 2.75) is 18.9 Å². The van der Waals surface area contributed by atoms with E-state index in [0.717, 1.165) is 0 Å². The fraction of sp³-hybridized carbons (Fsp3) is 0.364. The first-order valence-corrected chi connectivity index (χ1v) is 6.09. The molecule has 2 heterocycles. The van der Waals surface area contributed by atoms with Crippen LogP contribution in [0.15, 0.2) is 16.7 Å². The first kappa shape index (κ1) is 12.8. The van der Waals surface area contributed by atoms with E-state index < -0.39 is 12.0 Å². The summed E-state index contributed by atoms with van der Waals surface area (Å²) in [6, 6.07) is 2.37. The molecule has 1 amide bonds. The molecule has 0 radical (unpaired) electrons. The molecule has 1 saturated heterocycles. The zero-order valence-corrected chi connectivity index (χ0v) is 11.2. The van der Waals surface area contributed by atoms with Crippen molar-refractivity contribution in [2.75, 3.05) is 12.0 Å². The number of nitrogens with zero attached hydrogens (tertiary/aromatic N) is 2. The molecule has 1 aliphatic rings. The normalized spacial score (nSPS) is 19.1. The molecule has 0 bridgehead atoms. The molecule has 1 atom stereocenters. The number of carboxylic acids is 1. The molecule has 1 unspecified atom stereocenters. The largest absolute Gasteiger partial charge is 0.494 e. The number of halogens is 1. The van der Waals surface area contributed by atoms with Gasteiger partial charge >= 0.3 is 5.97 Å². The molecule has 96 valence electrons. The summed E-state index contributed by atoms with van der Waals surface area (Å²) in [6.07, 6.45) is 0.530. The molecule has 1 aromatic rings. The van der Waals surface area contributed by atoms with Gasteiger partial charge in [-0.3, -0.25) is 9.69 Å². The van der Waals surface area contributed by atoms with E-state index in [-0.39, 0.29) is 12.3 Å². The molecule has 0 saturated carbocycles. The third-order valence-corrected chi connectivity index (χ3v) is 3.33. The SMILES string of the molecule is COc1ccc(N2C(=O)CCC2C(=O)O)nc1Br. The average Bonchev–Trinajstić information content (AvgIpc) is 2.71. The summed E-state index contributed by atoms with van der Waals surface area (Å²) >= 11 is 3.21. The number of methoxy groups -OCH3 is 1. The Hall–Kier alpha value is -1.63. The molecule has 1 fully saturated rings. The Kier molecular flexibility index (Phi) is 3.51. The van der Waals surface area contributed by atoms with Gasteiger partial charge in [0.25, 0.3) is 0 Å². The van der Waals surface area contributed by atoms with Crippen molar-refractivity contribution >= 4 is 33.6 Å². The molecule has 18 heavy (non-hydrogen) atoms. The van der Waals surface area contributed by atoms with E-state index >= 15 is 0 Å². The van der Waals surface area contributed by atoms with E-state index in [1.807, 2.05) is 0 Å². The summed E-state index contributed by atoms with van der Waals surface area (Å²) in [5, 5.41) is 9.07. The summed E-state index contributed by atoms with van der Waals surface area (Å²) in [5.74, 6) is -0.406. The highest BCUT2D eigenvalue weighted by Crippen LogP contribution is 2.30. The lowest BCUT2D eigenvalue weighted by atomic mass is 10.2. The standard InChI is InChI=1S/C11H11BrN2O4/c1-18-7-3-4-8(13-10(7)12)14-6(11(16)17)2-5-9(14)15/h3-4,6H,2,5H2,1H3,(H,16,17). The number of hydrogen-bond acceptors (Lipinski definition) is 4. The van der Waals surface area contributed by atoms with Crippen LogP contribution in [-0.4, -0.2) is 35.1 Å². The Morgan fingerprint density at radius 2 is 2.33 bits per heavy atom. The van der Waals surface area contributed by atoms with Crippen molar-refractivity contribution in [3.05, 3.63) is 16.7 Å². The maximum Gasteiger partial charge on any atom is 0.326 e. The average molecular weight is 315 g/mol. The van der Waals surface area contributed by atoms with Gasteiger partial charge in [0.15, 0.2) is 5.75 Å². The molecule has 6 nitrogen and oxygen atoms in total.